The molecule has 0 heterocycles. The summed E-state index contributed by atoms with van der Waals surface area (Å²) in [5.41, 5.74) is 1.07. The number of carbonyl (C=O) groups excluding carboxylic acids is 1. The van der Waals surface area contributed by atoms with Crippen molar-refractivity contribution in [3.8, 4) is 11.8 Å². The van der Waals surface area contributed by atoms with E-state index in [1.165, 1.54) is 0 Å². The minimum absolute atomic E-state index is 0.0314. The van der Waals surface area contributed by atoms with Gasteiger partial charge in [-0.3, -0.25) is 4.79 Å². The minimum atomic E-state index is -0.898. The molecule has 2 aromatic carbocycles. The van der Waals surface area contributed by atoms with Crippen LogP contribution >= 0.6 is 11.6 Å². The predicted molar refractivity (Wildman–Crippen MR) is 90.7 cm³/mol. The Hall–Kier alpha value is -2.55. The SMILES string of the molecule is CC(Oc1ccc(C#N)cc1)C(=O)NCC(O)c1ccccc1Cl. The number of amides is 1. The second-order valence-corrected chi connectivity index (χ2v) is 5.59. The maximum absolute atomic E-state index is 12.1. The van der Waals surface area contributed by atoms with Crippen molar-refractivity contribution in [1.29, 1.82) is 5.26 Å². The fourth-order valence-electron chi connectivity index (χ4n) is 2.06. The zero-order valence-corrected chi connectivity index (χ0v) is 13.8. The standard InChI is InChI=1S/C18H17ClN2O3/c1-12(24-14-8-6-13(10-20)7-9-14)18(23)21-11-17(22)15-4-2-3-5-16(15)19/h2-9,12,17,22H,11H2,1H3,(H,21,23). The third kappa shape index (κ3) is 4.72. The third-order valence-corrected chi connectivity index (χ3v) is 3.74. The van der Waals surface area contributed by atoms with Crippen molar-refractivity contribution in [3.05, 3.63) is 64.7 Å². The first kappa shape index (κ1) is 17.8. The number of nitrogens with zero attached hydrogens (tertiary/aromatic N) is 1. The zero-order chi connectivity index (χ0) is 17.5. The Bertz CT molecular complexity index is 741. The molecule has 0 saturated heterocycles. The van der Waals surface area contributed by atoms with Crippen molar-refractivity contribution >= 4 is 17.5 Å². The second-order valence-electron chi connectivity index (χ2n) is 5.18. The molecule has 2 N–H and O–H groups in total. The van der Waals surface area contributed by atoms with Gasteiger partial charge in [-0.1, -0.05) is 29.8 Å². The number of halogens is 1. The molecular formula is C18H17ClN2O3. The van der Waals surface area contributed by atoms with Gasteiger partial charge in [-0.15, -0.1) is 0 Å². The normalized spacial score (nSPS) is 12.8. The van der Waals surface area contributed by atoms with Crippen LogP contribution in [0.4, 0.5) is 0 Å². The average molecular weight is 345 g/mol. The molecule has 124 valence electrons. The maximum atomic E-state index is 12.1. The summed E-state index contributed by atoms with van der Waals surface area (Å²) in [5, 5.41) is 21.9. The number of hydrogen-bond donors (Lipinski definition) is 2. The summed E-state index contributed by atoms with van der Waals surface area (Å²) in [5.74, 6) is 0.133. The van der Waals surface area contributed by atoms with Gasteiger partial charge in [0.25, 0.3) is 5.91 Å². The van der Waals surface area contributed by atoms with Crippen molar-refractivity contribution in [1.82, 2.24) is 5.32 Å². The Morgan fingerprint density at radius 1 is 1.29 bits per heavy atom. The Kier molecular flexibility index (Phi) is 6.19. The van der Waals surface area contributed by atoms with Crippen LogP contribution in [-0.2, 0) is 4.79 Å². The highest BCUT2D eigenvalue weighted by Crippen LogP contribution is 2.22. The molecule has 0 aliphatic rings. The Balaban J connectivity index is 1.87. The first-order valence-corrected chi connectivity index (χ1v) is 7.76. The number of nitriles is 1. The molecule has 0 spiro atoms. The lowest BCUT2D eigenvalue weighted by molar-refractivity contribution is -0.127. The van der Waals surface area contributed by atoms with Gasteiger partial charge in [-0.05, 0) is 37.3 Å². The van der Waals surface area contributed by atoms with Gasteiger partial charge in [0.1, 0.15) is 5.75 Å². The molecule has 0 fully saturated rings. The molecule has 2 rings (SSSR count). The van der Waals surface area contributed by atoms with Gasteiger partial charge in [0, 0.05) is 17.1 Å². The lowest BCUT2D eigenvalue weighted by Crippen LogP contribution is -2.38. The van der Waals surface area contributed by atoms with Crippen LogP contribution in [0, 0.1) is 11.3 Å². The van der Waals surface area contributed by atoms with Crippen molar-refractivity contribution < 1.29 is 14.6 Å². The van der Waals surface area contributed by atoms with Crippen molar-refractivity contribution in [2.24, 2.45) is 0 Å². The average Bonchev–Trinajstić information content (AvgIpc) is 2.60. The van der Waals surface area contributed by atoms with E-state index in [0.29, 0.717) is 21.9 Å². The Morgan fingerprint density at radius 2 is 1.96 bits per heavy atom. The van der Waals surface area contributed by atoms with Gasteiger partial charge in [0.15, 0.2) is 6.10 Å². The summed E-state index contributed by atoms with van der Waals surface area (Å²) < 4.78 is 5.51. The number of benzene rings is 2. The first-order valence-electron chi connectivity index (χ1n) is 7.38. The van der Waals surface area contributed by atoms with Gasteiger partial charge >= 0.3 is 0 Å². The van der Waals surface area contributed by atoms with Gasteiger partial charge in [0.05, 0.1) is 17.7 Å². The maximum Gasteiger partial charge on any atom is 0.260 e. The summed E-state index contributed by atoms with van der Waals surface area (Å²) in [7, 11) is 0. The molecule has 1 amide bonds. The van der Waals surface area contributed by atoms with Crippen LogP contribution in [0.1, 0.15) is 24.2 Å². The molecule has 0 aliphatic heterocycles. The third-order valence-electron chi connectivity index (χ3n) is 3.40. The van der Waals surface area contributed by atoms with Gasteiger partial charge in [0.2, 0.25) is 0 Å². The fourth-order valence-corrected chi connectivity index (χ4v) is 2.32. The molecule has 2 unspecified atom stereocenters. The number of aliphatic hydroxyl groups is 1. The number of hydrogen-bond acceptors (Lipinski definition) is 4. The van der Waals surface area contributed by atoms with E-state index in [9.17, 15) is 9.90 Å². The zero-order valence-electron chi connectivity index (χ0n) is 13.1. The van der Waals surface area contributed by atoms with Crippen molar-refractivity contribution in [2.45, 2.75) is 19.1 Å². The molecule has 0 radical (unpaired) electrons. The largest absolute Gasteiger partial charge is 0.481 e. The summed E-state index contributed by atoms with van der Waals surface area (Å²) >= 11 is 6.01. The van der Waals surface area contributed by atoms with Crippen LogP contribution in [0.2, 0.25) is 5.02 Å². The predicted octanol–water partition coefficient (Wildman–Crippen LogP) is 2.83. The highest BCUT2D eigenvalue weighted by Gasteiger charge is 2.17. The van der Waals surface area contributed by atoms with Crippen LogP contribution in [0.15, 0.2) is 48.5 Å². The molecular weight excluding hydrogens is 328 g/mol. The van der Waals surface area contributed by atoms with Crippen LogP contribution in [0.5, 0.6) is 5.75 Å². The van der Waals surface area contributed by atoms with Crippen LogP contribution in [0.3, 0.4) is 0 Å². The number of nitrogens with one attached hydrogen (secondary N) is 1. The van der Waals surface area contributed by atoms with Crippen LogP contribution < -0.4 is 10.1 Å². The minimum Gasteiger partial charge on any atom is -0.481 e. The number of rotatable bonds is 6. The Morgan fingerprint density at radius 3 is 2.58 bits per heavy atom. The molecule has 2 aromatic rings. The van der Waals surface area contributed by atoms with E-state index in [-0.39, 0.29) is 12.5 Å². The second kappa shape index (κ2) is 8.34. The van der Waals surface area contributed by atoms with Gasteiger partial charge < -0.3 is 15.2 Å². The smallest absolute Gasteiger partial charge is 0.260 e. The fraction of sp³-hybridized carbons (Fsp3) is 0.222. The van der Waals surface area contributed by atoms with E-state index in [1.807, 2.05) is 6.07 Å². The number of carbonyl (C=O) groups is 1. The number of ether oxygens (including phenoxy) is 1. The van der Waals surface area contributed by atoms with E-state index in [1.54, 1.807) is 55.5 Å². The molecule has 0 bridgehead atoms. The molecule has 6 heteroatoms. The number of aliphatic hydroxyl groups excluding tert-OH is 1. The highest BCUT2D eigenvalue weighted by atomic mass is 35.5. The van der Waals surface area contributed by atoms with E-state index < -0.39 is 12.2 Å². The summed E-state index contributed by atoms with van der Waals surface area (Å²) in [4.78, 5) is 12.1. The van der Waals surface area contributed by atoms with Crippen molar-refractivity contribution in [2.75, 3.05) is 6.54 Å². The molecule has 0 aliphatic carbocycles. The summed E-state index contributed by atoms with van der Waals surface area (Å²) in [6.07, 6.45) is -1.64. The van der Waals surface area contributed by atoms with Gasteiger partial charge in [-0.25, -0.2) is 0 Å². The van der Waals surface area contributed by atoms with E-state index in [4.69, 9.17) is 21.6 Å². The monoisotopic (exact) mass is 344 g/mol. The quantitative estimate of drug-likeness (QED) is 0.844. The topological polar surface area (TPSA) is 82.3 Å². The van der Waals surface area contributed by atoms with Crippen molar-refractivity contribution in [3.63, 3.8) is 0 Å². The van der Waals surface area contributed by atoms with E-state index in [2.05, 4.69) is 5.32 Å². The molecule has 0 saturated carbocycles. The molecule has 0 aromatic heterocycles. The van der Waals surface area contributed by atoms with Crippen LogP contribution in [-0.4, -0.2) is 23.7 Å². The van der Waals surface area contributed by atoms with Gasteiger partial charge in [-0.2, -0.15) is 5.26 Å². The first-order chi connectivity index (χ1) is 11.5. The van der Waals surface area contributed by atoms with E-state index >= 15 is 0 Å². The summed E-state index contributed by atoms with van der Waals surface area (Å²) in [6.45, 7) is 1.64. The molecule has 24 heavy (non-hydrogen) atoms. The summed E-state index contributed by atoms with van der Waals surface area (Å²) in [6, 6.07) is 15.4. The molecule has 5 nitrogen and oxygen atoms in total. The lowest BCUT2D eigenvalue weighted by Gasteiger charge is -2.17. The van der Waals surface area contributed by atoms with E-state index in [0.717, 1.165) is 0 Å². The Labute approximate surface area is 145 Å². The van der Waals surface area contributed by atoms with Crippen LogP contribution in [0.25, 0.3) is 0 Å². The molecule has 2 atom stereocenters. The lowest BCUT2D eigenvalue weighted by atomic mass is 10.1. The highest BCUT2D eigenvalue weighted by molar-refractivity contribution is 6.31.